The Labute approximate surface area is 219 Å². The monoisotopic (exact) mass is 509 g/mol. The Morgan fingerprint density at radius 1 is 0.895 bits per heavy atom. The van der Waals surface area contributed by atoms with Crippen LogP contribution in [-0.2, 0) is 4.79 Å². The van der Waals surface area contributed by atoms with E-state index in [1.165, 1.54) is 21.8 Å². The van der Waals surface area contributed by atoms with Gasteiger partial charge in [-0.1, -0.05) is 47.5 Å². The highest BCUT2D eigenvalue weighted by Gasteiger charge is 2.44. The van der Waals surface area contributed by atoms with Gasteiger partial charge < -0.3 is 0 Å². The second kappa shape index (κ2) is 9.59. The van der Waals surface area contributed by atoms with E-state index in [0.29, 0.717) is 33.9 Å². The van der Waals surface area contributed by atoms with Gasteiger partial charge in [-0.2, -0.15) is 5.10 Å². The number of non-ortho nitro benzene ring substituents is 1. The summed E-state index contributed by atoms with van der Waals surface area (Å²) in [6.07, 6.45) is 0. The molecule has 192 valence electrons. The molecule has 0 radical (unpaired) electrons. The van der Waals surface area contributed by atoms with Gasteiger partial charge in [-0.05, 0) is 57.5 Å². The molecule has 9 heteroatoms. The second-order valence-electron chi connectivity index (χ2n) is 9.66. The van der Waals surface area contributed by atoms with Crippen molar-refractivity contribution < 1.29 is 9.72 Å². The fourth-order valence-corrected chi connectivity index (χ4v) is 4.99. The first-order chi connectivity index (χ1) is 18.2. The molecular formula is C29H27N5O4. The number of nitrogens with one attached hydrogen (secondary N) is 1. The molecule has 0 saturated carbocycles. The van der Waals surface area contributed by atoms with E-state index >= 15 is 0 Å². The Kier molecular flexibility index (Phi) is 6.28. The summed E-state index contributed by atoms with van der Waals surface area (Å²) in [6, 6.07) is 21.0. The summed E-state index contributed by atoms with van der Waals surface area (Å²) >= 11 is 0. The topological polar surface area (TPSA) is 114 Å². The number of aromatic amines is 1. The third kappa shape index (κ3) is 4.32. The van der Waals surface area contributed by atoms with Crippen LogP contribution in [-0.4, -0.2) is 26.3 Å². The van der Waals surface area contributed by atoms with Gasteiger partial charge in [0.25, 0.3) is 17.2 Å². The lowest BCUT2D eigenvalue weighted by Crippen LogP contribution is -2.34. The average molecular weight is 510 g/mol. The lowest BCUT2D eigenvalue weighted by molar-refractivity contribution is -0.384. The first-order valence-corrected chi connectivity index (χ1v) is 12.2. The van der Waals surface area contributed by atoms with Crippen molar-refractivity contribution in [2.24, 2.45) is 11.0 Å². The molecule has 3 aromatic carbocycles. The molecule has 0 saturated heterocycles. The molecule has 0 bridgehead atoms. The van der Waals surface area contributed by atoms with Gasteiger partial charge >= 0.3 is 0 Å². The molecule has 1 aliphatic rings. The highest BCUT2D eigenvalue weighted by Crippen LogP contribution is 2.39. The van der Waals surface area contributed by atoms with E-state index in [4.69, 9.17) is 0 Å². The summed E-state index contributed by atoms with van der Waals surface area (Å²) in [5.41, 5.74) is 4.88. The molecule has 0 spiro atoms. The van der Waals surface area contributed by atoms with Crippen molar-refractivity contribution >= 4 is 23.0 Å². The Morgan fingerprint density at radius 2 is 1.50 bits per heavy atom. The third-order valence-corrected chi connectivity index (χ3v) is 6.95. The normalized spacial score (nSPS) is 16.0. The minimum atomic E-state index is -0.827. The highest BCUT2D eigenvalue weighted by molar-refractivity contribution is 6.15. The second-order valence-corrected chi connectivity index (χ2v) is 9.66. The van der Waals surface area contributed by atoms with Crippen molar-refractivity contribution in [1.29, 1.82) is 0 Å². The number of amides is 1. The zero-order valence-electron chi connectivity index (χ0n) is 21.5. The lowest BCUT2D eigenvalue weighted by atomic mass is 9.78. The minimum absolute atomic E-state index is 0.116. The summed E-state index contributed by atoms with van der Waals surface area (Å²) < 4.78 is 1.44. The molecule has 1 aromatic heterocycles. The van der Waals surface area contributed by atoms with Gasteiger partial charge in [0.1, 0.15) is 0 Å². The van der Waals surface area contributed by atoms with Gasteiger partial charge in [-0.15, -0.1) is 0 Å². The maximum Gasteiger partial charge on any atom is 0.275 e. The summed E-state index contributed by atoms with van der Waals surface area (Å²) in [5.74, 6) is -1.92. The number of anilines is 1. The van der Waals surface area contributed by atoms with Crippen molar-refractivity contribution in [3.8, 4) is 5.69 Å². The molecule has 38 heavy (non-hydrogen) atoms. The number of hydrogen-bond donors (Lipinski definition) is 1. The SMILES string of the molecule is CC1=NN(c2ccc(C)cc2)C(=O)[C@@H]1[C@H](c1cccc([N+](=O)[O-])c1)c1c(C)[nH]n(-c2ccc(C)cc2)c1=O. The van der Waals surface area contributed by atoms with Crippen LogP contribution in [0.25, 0.3) is 5.69 Å². The van der Waals surface area contributed by atoms with Gasteiger partial charge in [-0.25, -0.2) is 9.69 Å². The number of aromatic nitrogens is 2. The summed E-state index contributed by atoms with van der Waals surface area (Å²) in [6.45, 7) is 7.44. The molecule has 9 nitrogen and oxygen atoms in total. The number of benzene rings is 3. The molecule has 2 heterocycles. The molecule has 4 aromatic rings. The van der Waals surface area contributed by atoms with Crippen molar-refractivity contribution in [2.75, 3.05) is 5.01 Å². The molecule has 2 atom stereocenters. The van der Waals surface area contributed by atoms with Gasteiger partial charge in [-0.3, -0.25) is 24.8 Å². The third-order valence-electron chi connectivity index (χ3n) is 6.95. The van der Waals surface area contributed by atoms with Crippen LogP contribution in [0.2, 0.25) is 0 Å². The van der Waals surface area contributed by atoms with Crippen LogP contribution >= 0.6 is 0 Å². The van der Waals surface area contributed by atoms with Crippen molar-refractivity contribution in [3.05, 3.63) is 121 Å². The number of hydrogen-bond acceptors (Lipinski definition) is 5. The number of nitro groups is 1. The van der Waals surface area contributed by atoms with E-state index in [2.05, 4.69) is 10.2 Å². The summed E-state index contributed by atoms with van der Waals surface area (Å²) in [5, 5.41) is 20.7. The fourth-order valence-electron chi connectivity index (χ4n) is 4.99. The zero-order chi connectivity index (χ0) is 27.1. The lowest BCUT2D eigenvalue weighted by Gasteiger charge is -2.23. The average Bonchev–Trinajstić information content (AvgIpc) is 3.36. The first kappa shape index (κ1) is 24.9. The number of nitro benzene ring substituents is 1. The van der Waals surface area contributed by atoms with E-state index in [1.807, 2.05) is 62.4 Å². The standard InChI is InChI=1S/C29H27N5O4/c1-17-8-12-22(13-9-17)32-28(35)25(19(3)30-32)27(21-6-5-7-24(16-21)34(37)38)26-20(4)31-33(29(26)36)23-14-10-18(2)11-15-23/h5-16,25,27,31H,1-4H3/t25-,27-/m0/s1. The van der Waals surface area contributed by atoms with E-state index in [-0.39, 0.29) is 17.2 Å². The van der Waals surface area contributed by atoms with Gasteiger partial charge in [0.05, 0.1) is 22.2 Å². The van der Waals surface area contributed by atoms with E-state index < -0.39 is 16.8 Å². The minimum Gasteiger partial charge on any atom is -0.295 e. The Morgan fingerprint density at radius 3 is 2.11 bits per heavy atom. The smallest absolute Gasteiger partial charge is 0.275 e. The van der Waals surface area contributed by atoms with Crippen molar-refractivity contribution in [2.45, 2.75) is 33.6 Å². The van der Waals surface area contributed by atoms with E-state index in [1.54, 1.807) is 26.0 Å². The zero-order valence-corrected chi connectivity index (χ0v) is 21.5. The molecule has 1 aliphatic heterocycles. The quantitative estimate of drug-likeness (QED) is 0.285. The van der Waals surface area contributed by atoms with Crippen LogP contribution in [0.5, 0.6) is 0 Å². The maximum atomic E-state index is 13.9. The molecule has 0 fully saturated rings. The van der Waals surface area contributed by atoms with Gasteiger partial charge in [0.2, 0.25) is 0 Å². The van der Waals surface area contributed by atoms with E-state index in [9.17, 15) is 19.7 Å². The van der Waals surface area contributed by atoms with Gasteiger partial charge in [0.15, 0.2) is 0 Å². The summed E-state index contributed by atoms with van der Waals surface area (Å²) in [7, 11) is 0. The number of nitrogens with zero attached hydrogens (tertiary/aromatic N) is 4. The number of carbonyl (C=O) groups is 1. The van der Waals surface area contributed by atoms with Crippen LogP contribution in [0.4, 0.5) is 11.4 Å². The fraction of sp³-hybridized carbons (Fsp3) is 0.207. The van der Waals surface area contributed by atoms with Crippen molar-refractivity contribution in [1.82, 2.24) is 9.78 Å². The van der Waals surface area contributed by atoms with Crippen LogP contribution in [0.1, 0.15) is 40.8 Å². The molecular weight excluding hydrogens is 482 g/mol. The first-order valence-electron chi connectivity index (χ1n) is 12.2. The molecule has 1 N–H and O–H groups in total. The molecule has 1 amide bonds. The number of hydrazone groups is 1. The number of rotatable bonds is 6. The van der Waals surface area contributed by atoms with E-state index in [0.717, 1.165) is 11.1 Å². The Hall–Kier alpha value is -4.79. The molecule has 0 aliphatic carbocycles. The predicted molar refractivity (Wildman–Crippen MR) is 146 cm³/mol. The number of carbonyl (C=O) groups excluding carboxylic acids is 1. The molecule has 5 rings (SSSR count). The highest BCUT2D eigenvalue weighted by atomic mass is 16.6. The van der Waals surface area contributed by atoms with Gasteiger partial charge in [0, 0.05) is 35.0 Å². The predicted octanol–water partition coefficient (Wildman–Crippen LogP) is 5.17. The largest absolute Gasteiger partial charge is 0.295 e. The summed E-state index contributed by atoms with van der Waals surface area (Å²) in [4.78, 5) is 38.9. The Balaban J connectivity index is 1.68. The van der Waals surface area contributed by atoms with Crippen LogP contribution in [0.15, 0.2) is 82.7 Å². The van der Waals surface area contributed by atoms with Crippen LogP contribution in [0, 0.1) is 36.8 Å². The van der Waals surface area contributed by atoms with Crippen molar-refractivity contribution in [3.63, 3.8) is 0 Å². The molecule has 0 unspecified atom stereocenters. The Bertz CT molecular complexity index is 1630. The number of H-pyrrole nitrogens is 1. The number of aryl methyl sites for hydroxylation is 3. The maximum absolute atomic E-state index is 13.9. The van der Waals surface area contributed by atoms with Crippen LogP contribution < -0.4 is 10.6 Å². The van der Waals surface area contributed by atoms with Crippen LogP contribution in [0.3, 0.4) is 0 Å².